The first-order valence-corrected chi connectivity index (χ1v) is 5.69. The Bertz CT molecular complexity index is 411. The molecule has 18 heavy (non-hydrogen) atoms. The number of aliphatic hydroxyl groups is 1. The van der Waals surface area contributed by atoms with Gasteiger partial charge in [0.15, 0.2) is 0 Å². The van der Waals surface area contributed by atoms with Gasteiger partial charge < -0.3 is 15.2 Å². The van der Waals surface area contributed by atoms with Gasteiger partial charge in [-0.25, -0.2) is 0 Å². The summed E-state index contributed by atoms with van der Waals surface area (Å²) in [4.78, 5) is 14.4. The second-order valence-electron chi connectivity index (χ2n) is 3.74. The van der Waals surface area contributed by atoms with Crippen molar-refractivity contribution in [2.45, 2.75) is 25.8 Å². The minimum Gasteiger partial charge on any atom is -0.481 e. The quantitative estimate of drug-likeness (QED) is 0.567. The molecule has 0 amide bonds. The number of ether oxygens (including phenoxy) is 1. The average molecular weight is 255 g/mol. The van der Waals surface area contributed by atoms with E-state index in [1.54, 1.807) is 0 Å². The van der Waals surface area contributed by atoms with Gasteiger partial charge in [-0.3, -0.25) is 10.1 Å². The molecule has 100 valence electrons. The highest BCUT2D eigenvalue weighted by Crippen LogP contribution is 2.26. The molecule has 0 spiro atoms. The Hall–Kier alpha value is -1.89. The Balaban J connectivity index is 2.99. The number of nitro groups is 1. The molecule has 1 aromatic rings. The van der Waals surface area contributed by atoms with Crippen LogP contribution >= 0.6 is 0 Å². The lowest BCUT2D eigenvalue weighted by molar-refractivity contribution is -0.384. The number of aliphatic hydroxyl groups excluding tert-OH is 1. The molecule has 1 aromatic heterocycles. The van der Waals surface area contributed by atoms with E-state index in [1.165, 1.54) is 19.2 Å². The molecule has 0 aromatic carbocycles. The molecule has 2 N–H and O–H groups in total. The zero-order chi connectivity index (χ0) is 13.5. The standard InChI is InChI=1S/C11H17N3O4/c1-3-8(6-7-15)12-11-9(14(16)17)4-5-10(13-11)18-2/h4-5,8,15H,3,6-7H2,1-2H3,(H,12,13). The van der Waals surface area contributed by atoms with E-state index in [0.29, 0.717) is 12.3 Å². The fourth-order valence-electron chi connectivity index (χ4n) is 1.53. The van der Waals surface area contributed by atoms with Gasteiger partial charge >= 0.3 is 5.69 Å². The second-order valence-corrected chi connectivity index (χ2v) is 3.74. The van der Waals surface area contributed by atoms with E-state index in [-0.39, 0.29) is 24.2 Å². The summed E-state index contributed by atoms with van der Waals surface area (Å²) >= 11 is 0. The molecule has 1 heterocycles. The summed E-state index contributed by atoms with van der Waals surface area (Å²) < 4.78 is 4.94. The molecule has 0 saturated carbocycles. The van der Waals surface area contributed by atoms with Crippen molar-refractivity contribution in [2.24, 2.45) is 0 Å². The maximum atomic E-state index is 10.9. The third-order valence-corrected chi connectivity index (χ3v) is 2.57. The fraction of sp³-hybridized carbons (Fsp3) is 0.545. The van der Waals surface area contributed by atoms with E-state index < -0.39 is 4.92 Å². The van der Waals surface area contributed by atoms with E-state index in [9.17, 15) is 10.1 Å². The van der Waals surface area contributed by atoms with Crippen molar-refractivity contribution in [1.82, 2.24) is 4.98 Å². The Labute approximate surface area is 105 Å². The summed E-state index contributed by atoms with van der Waals surface area (Å²) in [5.41, 5.74) is -0.104. The highest BCUT2D eigenvalue weighted by Gasteiger charge is 2.18. The van der Waals surface area contributed by atoms with Crippen LogP contribution < -0.4 is 10.1 Å². The van der Waals surface area contributed by atoms with E-state index >= 15 is 0 Å². The van der Waals surface area contributed by atoms with Crippen molar-refractivity contribution in [2.75, 3.05) is 19.0 Å². The van der Waals surface area contributed by atoms with Crippen molar-refractivity contribution < 1.29 is 14.8 Å². The van der Waals surface area contributed by atoms with E-state index in [0.717, 1.165) is 6.42 Å². The van der Waals surface area contributed by atoms with Crippen molar-refractivity contribution >= 4 is 11.5 Å². The van der Waals surface area contributed by atoms with Crippen LogP contribution in [0, 0.1) is 10.1 Å². The molecule has 0 fully saturated rings. The van der Waals surface area contributed by atoms with Crippen LogP contribution in [0.5, 0.6) is 5.88 Å². The maximum absolute atomic E-state index is 10.9. The lowest BCUT2D eigenvalue weighted by Gasteiger charge is -2.16. The molecule has 0 aliphatic heterocycles. The average Bonchev–Trinajstić information content (AvgIpc) is 2.37. The summed E-state index contributed by atoms with van der Waals surface area (Å²) in [5.74, 6) is 0.474. The normalized spacial score (nSPS) is 11.9. The minimum atomic E-state index is -0.500. The first-order chi connectivity index (χ1) is 8.62. The van der Waals surface area contributed by atoms with Crippen molar-refractivity contribution in [3.8, 4) is 5.88 Å². The first-order valence-electron chi connectivity index (χ1n) is 5.69. The molecule has 1 atom stereocenters. The van der Waals surface area contributed by atoms with Gasteiger partial charge in [0.05, 0.1) is 12.0 Å². The van der Waals surface area contributed by atoms with Gasteiger partial charge in [0.25, 0.3) is 0 Å². The second kappa shape index (κ2) is 6.75. The van der Waals surface area contributed by atoms with Crippen LogP contribution in [-0.4, -0.2) is 34.8 Å². The van der Waals surface area contributed by atoms with Gasteiger partial charge in [0.1, 0.15) is 0 Å². The van der Waals surface area contributed by atoms with Gasteiger partial charge in [-0.15, -0.1) is 0 Å². The number of rotatable bonds is 7. The highest BCUT2D eigenvalue weighted by atomic mass is 16.6. The zero-order valence-electron chi connectivity index (χ0n) is 10.4. The van der Waals surface area contributed by atoms with E-state index in [4.69, 9.17) is 9.84 Å². The molecule has 0 aliphatic carbocycles. The number of nitrogens with zero attached hydrogens (tertiary/aromatic N) is 2. The Morgan fingerprint density at radius 1 is 1.61 bits per heavy atom. The maximum Gasteiger partial charge on any atom is 0.311 e. The molecule has 0 bridgehead atoms. The van der Waals surface area contributed by atoms with Gasteiger partial charge in [0.2, 0.25) is 11.7 Å². The van der Waals surface area contributed by atoms with Gasteiger partial charge in [-0.05, 0) is 12.8 Å². The Morgan fingerprint density at radius 3 is 2.83 bits per heavy atom. The molecule has 1 unspecified atom stereocenters. The lowest BCUT2D eigenvalue weighted by atomic mass is 10.1. The third-order valence-electron chi connectivity index (χ3n) is 2.57. The Morgan fingerprint density at radius 2 is 2.33 bits per heavy atom. The zero-order valence-corrected chi connectivity index (χ0v) is 10.4. The monoisotopic (exact) mass is 255 g/mol. The van der Waals surface area contributed by atoms with Crippen LogP contribution in [0.4, 0.5) is 11.5 Å². The van der Waals surface area contributed by atoms with Crippen LogP contribution in [0.25, 0.3) is 0 Å². The number of methoxy groups -OCH3 is 1. The predicted octanol–water partition coefficient (Wildman–Crippen LogP) is 1.57. The fourth-order valence-corrected chi connectivity index (χ4v) is 1.53. The highest BCUT2D eigenvalue weighted by molar-refractivity contribution is 5.57. The lowest BCUT2D eigenvalue weighted by Crippen LogP contribution is -2.21. The van der Waals surface area contributed by atoms with Crippen LogP contribution in [-0.2, 0) is 0 Å². The SMILES string of the molecule is CCC(CCO)Nc1nc(OC)ccc1[N+](=O)[O-]. The summed E-state index contributed by atoms with van der Waals surface area (Å²) in [6.07, 6.45) is 1.24. The summed E-state index contributed by atoms with van der Waals surface area (Å²) in [5, 5.41) is 22.8. The van der Waals surface area contributed by atoms with Crippen molar-refractivity contribution in [3.63, 3.8) is 0 Å². The van der Waals surface area contributed by atoms with E-state index in [2.05, 4.69) is 10.3 Å². The molecule has 7 nitrogen and oxygen atoms in total. The molecule has 7 heteroatoms. The largest absolute Gasteiger partial charge is 0.481 e. The summed E-state index contributed by atoms with van der Waals surface area (Å²) in [6.45, 7) is 1.95. The number of nitrogens with one attached hydrogen (secondary N) is 1. The summed E-state index contributed by atoms with van der Waals surface area (Å²) in [6, 6.07) is 2.73. The number of hydrogen-bond donors (Lipinski definition) is 2. The molecule has 0 aliphatic rings. The third kappa shape index (κ3) is 3.56. The Kier molecular flexibility index (Phi) is 5.31. The predicted molar refractivity (Wildman–Crippen MR) is 66.8 cm³/mol. The van der Waals surface area contributed by atoms with Crippen LogP contribution in [0.1, 0.15) is 19.8 Å². The molecular formula is C11H17N3O4. The van der Waals surface area contributed by atoms with Crippen LogP contribution in [0.15, 0.2) is 12.1 Å². The van der Waals surface area contributed by atoms with E-state index in [1.807, 2.05) is 6.92 Å². The number of anilines is 1. The molecule has 0 radical (unpaired) electrons. The first kappa shape index (κ1) is 14.2. The number of hydrogen-bond acceptors (Lipinski definition) is 6. The van der Waals surface area contributed by atoms with Crippen LogP contribution in [0.2, 0.25) is 0 Å². The topological polar surface area (TPSA) is 97.5 Å². The van der Waals surface area contributed by atoms with Crippen molar-refractivity contribution in [1.29, 1.82) is 0 Å². The number of aromatic nitrogens is 1. The van der Waals surface area contributed by atoms with Crippen LogP contribution in [0.3, 0.4) is 0 Å². The molecule has 0 saturated heterocycles. The van der Waals surface area contributed by atoms with Gasteiger partial charge in [-0.2, -0.15) is 4.98 Å². The smallest absolute Gasteiger partial charge is 0.311 e. The minimum absolute atomic E-state index is 0.0171. The summed E-state index contributed by atoms with van der Waals surface area (Å²) in [7, 11) is 1.45. The van der Waals surface area contributed by atoms with Crippen molar-refractivity contribution in [3.05, 3.63) is 22.2 Å². The van der Waals surface area contributed by atoms with Gasteiger partial charge in [0, 0.05) is 24.8 Å². The number of pyridine rings is 1. The van der Waals surface area contributed by atoms with Gasteiger partial charge in [-0.1, -0.05) is 6.92 Å². The molecular weight excluding hydrogens is 238 g/mol. The molecule has 1 rings (SSSR count).